The Hall–Kier alpha value is -4.26. The van der Waals surface area contributed by atoms with Crippen LogP contribution >= 0.6 is 0 Å². The van der Waals surface area contributed by atoms with Crippen LogP contribution in [0.1, 0.15) is 62.3 Å². The molecule has 0 saturated carbocycles. The van der Waals surface area contributed by atoms with Crippen LogP contribution < -0.4 is 11.0 Å². The Morgan fingerprint density at radius 1 is 0.902 bits per heavy atom. The van der Waals surface area contributed by atoms with Crippen molar-refractivity contribution in [3.8, 4) is 0 Å². The number of hydroxylamine groups is 2. The second-order valence-corrected chi connectivity index (χ2v) is 14.5. The van der Waals surface area contributed by atoms with Crippen molar-refractivity contribution >= 4 is 33.9 Å². The van der Waals surface area contributed by atoms with Gasteiger partial charge < -0.3 is 24.9 Å². The number of likely N-dealkylation sites (tertiary alicyclic amines) is 1. The molecule has 1 atom stereocenters. The number of aromatic amines is 1. The summed E-state index contributed by atoms with van der Waals surface area (Å²) in [5.41, 5.74) is 5.86. The maximum atomic E-state index is 14.1. The Bertz CT molecular complexity index is 1900. The van der Waals surface area contributed by atoms with Gasteiger partial charge in [-0.15, -0.1) is 5.06 Å². The molecule has 4 aromatic rings. The first kappa shape index (κ1) is 35.2. The second kappa shape index (κ2) is 15.5. The average Bonchev–Trinajstić information content (AvgIpc) is 3.51. The van der Waals surface area contributed by atoms with Crippen LogP contribution in [0.25, 0.3) is 21.9 Å². The van der Waals surface area contributed by atoms with Gasteiger partial charge in [0.2, 0.25) is 5.91 Å². The Labute approximate surface area is 299 Å². The number of carbonyl (C=O) groups excluding carboxylic acids is 2. The maximum absolute atomic E-state index is 14.1. The van der Waals surface area contributed by atoms with Crippen molar-refractivity contribution in [2.75, 3.05) is 59.4 Å². The molecule has 3 aliphatic rings. The maximum Gasteiger partial charge on any atom is 0.426 e. The summed E-state index contributed by atoms with van der Waals surface area (Å²) in [5, 5.41) is 5.52. The van der Waals surface area contributed by atoms with Gasteiger partial charge in [-0.05, 0) is 81.4 Å². The number of nitrogens with one attached hydrogen (secondary N) is 2. The molecule has 3 fully saturated rings. The lowest BCUT2D eigenvalue weighted by Gasteiger charge is -2.42. The number of fused-ring (bicyclic) bond motifs is 3. The van der Waals surface area contributed by atoms with Crippen LogP contribution in [0.3, 0.4) is 0 Å². The molecule has 0 bridgehead atoms. The molecule has 2 N–H and O–H groups in total. The van der Waals surface area contributed by atoms with Crippen LogP contribution in [-0.2, 0) is 28.9 Å². The molecule has 2 aromatic carbocycles. The molecule has 2 aromatic heterocycles. The van der Waals surface area contributed by atoms with Gasteiger partial charge >= 0.3 is 11.8 Å². The fourth-order valence-corrected chi connectivity index (χ4v) is 8.37. The normalized spacial score (nSPS) is 19.5. The van der Waals surface area contributed by atoms with Crippen molar-refractivity contribution < 1.29 is 14.4 Å². The number of H-pyrrole nitrogens is 1. The van der Waals surface area contributed by atoms with Crippen LogP contribution in [0, 0.1) is 0 Å². The molecule has 0 aliphatic carbocycles. The lowest BCUT2D eigenvalue weighted by molar-refractivity contribution is -0.137. The Morgan fingerprint density at radius 3 is 2.33 bits per heavy atom. The molecule has 12 heteroatoms. The molecule has 0 spiro atoms. The van der Waals surface area contributed by atoms with Crippen LogP contribution in [0.4, 0.5) is 4.79 Å². The van der Waals surface area contributed by atoms with Gasteiger partial charge in [-0.3, -0.25) is 19.2 Å². The molecule has 5 heterocycles. The summed E-state index contributed by atoms with van der Waals surface area (Å²) in [4.78, 5) is 61.0. The van der Waals surface area contributed by atoms with E-state index in [1.54, 1.807) is 15.8 Å². The number of para-hydroxylation sites is 1. The highest BCUT2D eigenvalue weighted by atomic mass is 16.7. The first-order chi connectivity index (χ1) is 24.8. The molecule has 272 valence electrons. The summed E-state index contributed by atoms with van der Waals surface area (Å²) < 4.78 is 1.79. The van der Waals surface area contributed by atoms with E-state index in [1.807, 2.05) is 29.2 Å². The number of carbonyl (C=O) groups is 2. The number of piperidine rings is 2. The lowest BCUT2D eigenvalue weighted by atomic mass is 9.96. The number of aryl methyl sites for hydroxylation is 2. The largest absolute Gasteiger partial charge is 0.426 e. The lowest BCUT2D eigenvalue weighted by Crippen LogP contribution is -2.58. The predicted octanol–water partition coefficient (Wildman–Crippen LogP) is 4.13. The quantitative estimate of drug-likeness (QED) is 0.268. The number of benzene rings is 2. The third kappa shape index (κ3) is 7.68. The van der Waals surface area contributed by atoms with Crippen LogP contribution in [0.15, 0.2) is 53.5 Å². The first-order valence-corrected chi connectivity index (χ1v) is 18.8. The molecule has 0 unspecified atom stereocenters. The number of rotatable bonds is 9. The number of hydrogen-bond acceptors (Lipinski definition) is 8. The highest BCUT2D eigenvalue weighted by molar-refractivity contribution is 6.01. The zero-order valence-electron chi connectivity index (χ0n) is 30.3. The molecule has 2 amide bonds. The molecule has 7 rings (SSSR count). The Kier molecular flexibility index (Phi) is 10.7. The number of nitrogens with zero attached hydrogens (tertiary/aromatic N) is 6. The van der Waals surface area contributed by atoms with Crippen LogP contribution in [0.2, 0.25) is 0 Å². The summed E-state index contributed by atoms with van der Waals surface area (Å²) >= 11 is 0. The Morgan fingerprint density at radius 2 is 1.61 bits per heavy atom. The third-order valence-corrected chi connectivity index (χ3v) is 11.4. The van der Waals surface area contributed by atoms with Gasteiger partial charge in [0.15, 0.2) is 0 Å². The van der Waals surface area contributed by atoms with Gasteiger partial charge in [-0.1, -0.05) is 50.2 Å². The zero-order valence-corrected chi connectivity index (χ0v) is 30.3. The summed E-state index contributed by atoms with van der Waals surface area (Å²) in [6, 6.07) is 14.0. The number of pyridine rings is 1. The minimum Gasteiger partial charge on any atom is -0.351 e. The summed E-state index contributed by atoms with van der Waals surface area (Å²) in [7, 11) is 2.18. The number of hydrogen-bond donors (Lipinski definition) is 2. The number of amides is 2. The van der Waals surface area contributed by atoms with Gasteiger partial charge in [-0.25, -0.2) is 9.59 Å². The van der Waals surface area contributed by atoms with Crippen molar-refractivity contribution in [1.29, 1.82) is 0 Å². The fourth-order valence-electron chi connectivity index (χ4n) is 8.37. The predicted molar refractivity (Wildman–Crippen MR) is 199 cm³/mol. The average molecular weight is 697 g/mol. The van der Waals surface area contributed by atoms with E-state index in [9.17, 15) is 14.4 Å². The number of aromatic nitrogens is 3. The van der Waals surface area contributed by atoms with Gasteiger partial charge in [0.05, 0.1) is 22.7 Å². The summed E-state index contributed by atoms with van der Waals surface area (Å²) in [6.07, 6.45) is 6.98. The van der Waals surface area contributed by atoms with E-state index in [1.165, 1.54) is 11.1 Å². The van der Waals surface area contributed by atoms with E-state index in [2.05, 4.69) is 64.2 Å². The molecular weight excluding hydrogens is 644 g/mol. The minimum absolute atomic E-state index is 0.0570. The highest BCUT2D eigenvalue weighted by Crippen LogP contribution is 2.28. The van der Waals surface area contributed by atoms with E-state index in [0.717, 1.165) is 79.4 Å². The molecule has 3 saturated heterocycles. The van der Waals surface area contributed by atoms with Gasteiger partial charge in [-0.2, -0.15) is 0 Å². The van der Waals surface area contributed by atoms with Crippen LogP contribution in [0.5, 0.6) is 0 Å². The number of piperazine rings is 1. The van der Waals surface area contributed by atoms with Gasteiger partial charge in [0.1, 0.15) is 6.04 Å². The smallest absolute Gasteiger partial charge is 0.351 e. The standard InChI is InChI=1S/C39H52N8O4/c1-4-28-11-10-27(24-29(28)5-2)25-34(37(48)45-22-20-44(21-23-45)30-12-16-43(3)17-13-30)41-39(50)51-46-18-14-31(15-19-46)47-35-26-40-33-9-7-6-8-32(33)36(35)42-38(47)49/h6-11,24,26,30-31,34H,4-5,12-23,25H2,1-3H3,(H,41,50)(H,42,49)/t34-/m1/s1. The minimum atomic E-state index is -0.741. The highest BCUT2D eigenvalue weighted by Gasteiger charge is 2.33. The zero-order chi connectivity index (χ0) is 35.5. The topological polar surface area (TPSA) is 119 Å². The molecular formula is C39H52N8O4. The number of imidazole rings is 1. The van der Waals surface area contributed by atoms with E-state index >= 15 is 0 Å². The van der Waals surface area contributed by atoms with Crippen molar-refractivity contribution in [2.24, 2.45) is 0 Å². The second-order valence-electron chi connectivity index (χ2n) is 14.5. The molecule has 3 aliphatic heterocycles. The van der Waals surface area contributed by atoms with Gasteiger partial charge in [0.25, 0.3) is 0 Å². The van der Waals surface area contributed by atoms with Crippen LogP contribution in [-0.4, -0.2) is 118 Å². The van der Waals surface area contributed by atoms with Crippen molar-refractivity contribution in [2.45, 2.75) is 76.9 Å². The van der Waals surface area contributed by atoms with Crippen molar-refractivity contribution in [3.63, 3.8) is 0 Å². The van der Waals surface area contributed by atoms with E-state index in [0.29, 0.717) is 51.5 Å². The van der Waals surface area contributed by atoms with E-state index < -0.39 is 12.1 Å². The van der Waals surface area contributed by atoms with E-state index in [-0.39, 0.29) is 17.6 Å². The Balaban J connectivity index is 0.997. The summed E-state index contributed by atoms with van der Waals surface area (Å²) in [5.74, 6) is -0.0638. The first-order valence-electron chi connectivity index (χ1n) is 18.8. The van der Waals surface area contributed by atoms with Gasteiger partial charge in [0, 0.05) is 63.2 Å². The van der Waals surface area contributed by atoms with E-state index in [4.69, 9.17) is 4.84 Å². The molecule has 12 nitrogen and oxygen atoms in total. The van der Waals surface area contributed by atoms with Crippen molar-refractivity contribution in [1.82, 2.24) is 39.6 Å². The fraction of sp³-hybridized carbons (Fsp3) is 0.538. The third-order valence-electron chi connectivity index (χ3n) is 11.4. The van der Waals surface area contributed by atoms with Crippen molar-refractivity contribution in [3.05, 3.63) is 75.8 Å². The monoisotopic (exact) mass is 696 g/mol. The molecule has 51 heavy (non-hydrogen) atoms. The molecule has 0 radical (unpaired) electrons. The SMILES string of the molecule is CCc1ccc(C[C@@H](NC(=O)ON2CCC(n3c(=O)[nH]c4c5ccccc5ncc43)CC2)C(=O)N2CCN(C3CCN(C)CC3)CC2)cc1CC. The summed E-state index contributed by atoms with van der Waals surface area (Å²) in [6.45, 7) is 10.5.